The number of nitrogens with one attached hydrogen (secondary N) is 1. The first-order valence-corrected chi connectivity index (χ1v) is 10.9. The van der Waals surface area contributed by atoms with Crippen LogP contribution in [0.4, 0.5) is 5.82 Å². The Labute approximate surface area is 174 Å². The zero-order chi connectivity index (χ0) is 20.0. The molecule has 4 aromatic rings. The summed E-state index contributed by atoms with van der Waals surface area (Å²) in [6.45, 7) is 4.30. The summed E-state index contributed by atoms with van der Waals surface area (Å²) >= 11 is 1.82. The van der Waals surface area contributed by atoms with Gasteiger partial charge in [0.15, 0.2) is 5.82 Å². The van der Waals surface area contributed by atoms with Gasteiger partial charge in [0, 0.05) is 11.9 Å². The maximum atomic E-state index is 4.66. The molecule has 7 heteroatoms. The van der Waals surface area contributed by atoms with Crippen LogP contribution in [0.2, 0.25) is 0 Å². The van der Waals surface area contributed by atoms with Crippen molar-refractivity contribution in [3.05, 3.63) is 64.3 Å². The molecule has 5 rings (SSSR count). The monoisotopic (exact) mass is 404 g/mol. The molecule has 0 amide bonds. The third kappa shape index (κ3) is 3.19. The first-order chi connectivity index (χ1) is 14.1. The zero-order valence-electron chi connectivity index (χ0n) is 16.9. The second-order valence-electron chi connectivity index (χ2n) is 7.91. The summed E-state index contributed by atoms with van der Waals surface area (Å²) in [7, 11) is 2.01. The van der Waals surface area contributed by atoms with Gasteiger partial charge in [-0.25, -0.2) is 9.97 Å². The van der Waals surface area contributed by atoms with Crippen LogP contribution in [0.3, 0.4) is 0 Å². The van der Waals surface area contributed by atoms with Crippen molar-refractivity contribution in [1.82, 2.24) is 24.7 Å². The molecular weight excluding hydrogens is 380 g/mol. The number of anilines is 1. The van der Waals surface area contributed by atoms with Gasteiger partial charge in [-0.05, 0) is 43.2 Å². The molecule has 1 aliphatic carbocycles. The van der Waals surface area contributed by atoms with E-state index in [1.54, 1.807) is 6.33 Å². The number of aromatic nitrogens is 5. The molecule has 2 unspecified atom stereocenters. The fraction of sp³-hybridized carbons (Fsp3) is 0.364. The van der Waals surface area contributed by atoms with Crippen LogP contribution in [0.1, 0.15) is 47.0 Å². The van der Waals surface area contributed by atoms with E-state index in [1.807, 2.05) is 35.9 Å². The Morgan fingerprint density at radius 3 is 2.76 bits per heavy atom. The number of thiophene rings is 1. The molecule has 0 radical (unpaired) electrons. The van der Waals surface area contributed by atoms with Gasteiger partial charge in [-0.2, -0.15) is 0 Å². The van der Waals surface area contributed by atoms with Gasteiger partial charge in [0.25, 0.3) is 0 Å². The Bertz CT molecular complexity index is 1160. The second-order valence-corrected chi connectivity index (χ2v) is 8.99. The van der Waals surface area contributed by atoms with Gasteiger partial charge in [0.2, 0.25) is 0 Å². The van der Waals surface area contributed by atoms with E-state index in [4.69, 9.17) is 0 Å². The van der Waals surface area contributed by atoms with E-state index >= 15 is 0 Å². The molecular formula is C22H24N6S. The van der Waals surface area contributed by atoms with Crippen LogP contribution in [-0.4, -0.2) is 24.7 Å². The molecule has 148 valence electrons. The number of hydrogen-bond donors (Lipinski definition) is 1. The minimum Gasteiger partial charge on any atom is -0.356 e. The SMILES string of the molecule is Cc1nnc(C(Nc2ncnc3sc4c(c23)CCC(C)C4)c2ccccc2)n1C. The molecule has 1 aliphatic rings. The Balaban J connectivity index is 1.63. The molecule has 0 spiro atoms. The van der Waals surface area contributed by atoms with Crippen LogP contribution in [0, 0.1) is 12.8 Å². The highest BCUT2D eigenvalue weighted by atomic mass is 32.1. The lowest BCUT2D eigenvalue weighted by Crippen LogP contribution is -2.18. The lowest BCUT2D eigenvalue weighted by molar-refractivity contribution is 0.509. The van der Waals surface area contributed by atoms with Crippen molar-refractivity contribution in [3.63, 3.8) is 0 Å². The largest absolute Gasteiger partial charge is 0.356 e. The van der Waals surface area contributed by atoms with Gasteiger partial charge in [0.1, 0.15) is 28.8 Å². The Morgan fingerprint density at radius 2 is 2.00 bits per heavy atom. The second kappa shape index (κ2) is 7.22. The predicted molar refractivity (Wildman–Crippen MR) is 116 cm³/mol. The van der Waals surface area contributed by atoms with Gasteiger partial charge >= 0.3 is 0 Å². The van der Waals surface area contributed by atoms with E-state index in [-0.39, 0.29) is 6.04 Å². The van der Waals surface area contributed by atoms with Crippen LogP contribution in [-0.2, 0) is 19.9 Å². The summed E-state index contributed by atoms with van der Waals surface area (Å²) in [5.74, 6) is 3.38. The van der Waals surface area contributed by atoms with E-state index in [9.17, 15) is 0 Å². The first-order valence-electron chi connectivity index (χ1n) is 10.0. The van der Waals surface area contributed by atoms with Gasteiger partial charge < -0.3 is 9.88 Å². The van der Waals surface area contributed by atoms with E-state index in [0.717, 1.165) is 46.6 Å². The molecule has 29 heavy (non-hydrogen) atoms. The van der Waals surface area contributed by atoms with Crippen molar-refractivity contribution in [3.8, 4) is 0 Å². The van der Waals surface area contributed by atoms with Crippen molar-refractivity contribution < 1.29 is 0 Å². The molecule has 1 aromatic carbocycles. The zero-order valence-corrected chi connectivity index (χ0v) is 17.7. The molecule has 2 atom stereocenters. The first kappa shape index (κ1) is 18.2. The molecule has 0 fully saturated rings. The number of fused-ring (bicyclic) bond motifs is 3. The normalized spacial score (nSPS) is 17.3. The topological polar surface area (TPSA) is 68.5 Å². The summed E-state index contributed by atoms with van der Waals surface area (Å²) in [5.41, 5.74) is 2.56. The van der Waals surface area contributed by atoms with Gasteiger partial charge in [0.05, 0.1) is 5.39 Å². The van der Waals surface area contributed by atoms with E-state index in [0.29, 0.717) is 0 Å². The molecule has 0 saturated carbocycles. The molecule has 3 aromatic heterocycles. The summed E-state index contributed by atoms with van der Waals surface area (Å²) < 4.78 is 2.04. The van der Waals surface area contributed by atoms with Crippen LogP contribution in [0.25, 0.3) is 10.2 Å². The number of benzene rings is 1. The number of hydrogen-bond acceptors (Lipinski definition) is 6. The number of nitrogens with zero attached hydrogens (tertiary/aromatic N) is 5. The van der Waals surface area contributed by atoms with E-state index in [1.165, 1.54) is 22.2 Å². The maximum Gasteiger partial charge on any atom is 0.160 e. The smallest absolute Gasteiger partial charge is 0.160 e. The highest BCUT2D eigenvalue weighted by molar-refractivity contribution is 7.19. The van der Waals surface area contributed by atoms with Crippen molar-refractivity contribution in [2.75, 3.05) is 5.32 Å². The van der Waals surface area contributed by atoms with Crippen LogP contribution >= 0.6 is 11.3 Å². The molecule has 0 saturated heterocycles. The lowest BCUT2D eigenvalue weighted by Gasteiger charge is -2.21. The Kier molecular flexibility index (Phi) is 4.54. The lowest BCUT2D eigenvalue weighted by atomic mass is 9.89. The number of rotatable bonds is 4. The van der Waals surface area contributed by atoms with Crippen molar-refractivity contribution in [2.24, 2.45) is 13.0 Å². The summed E-state index contributed by atoms with van der Waals surface area (Å²) in [6.07, 6.45) is 5.12. The molecule has 1 N–H and O–H groups in total. The third-order valence-corrected chi connectivity index (χ3v) is 7.05. The average Bonchev–Trinajstić information content (AvgIpc) is 3.26. The highest BCUT2D eigenvalue weighted by Gasteiger charge is 2.26. The standard InChI is InChI=1S/C22H24N6S/c1-13-9-10-16-17(11-13)29-22-18(16)20(23-12-24-22)25-19(15-7-5-4-6-8-15)21-27-26-14(2)28(21)3/h4-8,12-13,19H,9-11H2,1-3H3,(H,23,24,25). The van der Waals surface area contributed by atoms with Crippen molar-refractivity contribution in [1.29, 1.82) is 0 Å². The fourth-order valence-electron chi connectivity index (χ4n) is 4.14. The predicted octanol–water partition coefficient (Wildman–Crippen LogP) is 4.45. The van der Waals surface area contributed by atoms with Gasteiger partial charge in [-0.3, -0.25) is 0 Å². The van der Waals surface area contributed by atoms with Crippen LogP contribution < -0.4 is 5.32 Å². The fourth-order valence-corrected chi connectivity index (χ4v) is 5.49. The summed E-state index contributed by atoms with van der Waals surface area (Å²) in [6, 6.07) is 10.2. The minimum atomic E-state index is -0.140. The highest BCUT2D eigenvalue weighted by Crippen LogP contribution is 2.40. The van der Waals surface area contributed by atoms with Gasteiger partial charge in [-0.1, -0.05) is 37.3 Å². The Morgan fingerprint density at radius 1 is 1.17 bits per heavy atom. The number of aryl methyl sites for hydroxylation is 2. The minimum absolute atomic E-state index is 0.140. The van der Waals surface area contributed by atoms with Crippen molar-refractivity contribution >= 4 is 27.4 Å². The average molecular weight is 405 g/mol. The van der Waals surface area contributed by atoms with E-state index < -0.39 is 0 Å². The summed E-state index contributed by atoms with van der Waals surface area (Å²) in [5, 5.41) is 13.6. The molecule has 0 aliphatic heterocycles. The Hall–Kier alpha value is -2.80. The van der Waals surface area contributed by atoms with Crippen molar-refractivity contribution in [2.45, 2.75) is 39.2 Å². The third-order valence-electron chi connectivity index (χ3n) is 5.89. The quantitative estimate of drug-likeness (QED) is 0.544. The maximum absolute atomic E-state index is 4.66. The van der Waals surface area contributed by atoms with Crippen LogP contribution in [0.15, 0.2) is 36.7 Å². The van der Waals surface area contributed by atoms with Gasteiger partial charge in [-0.15, -0.1) is 21.5 Å². The van der Waals surface area contributed by atoms with Crippen LogP contribution in [0.5, 0.6) is 0 Å². The molecule has 0 bridgehead atoms. The molecule has 6 nitrogen and oxygen atoms in total. The molecule has 3 heterocycles. The summed E-state index contributed by atoms with van der Waals surface area (Å²) in [4.78, 5) is 11.8. The van der Waals surface area contributed by atoms with E-state index in [2.05, 4.69) is 56.7 Å².